The topological polar surface area (TPSA) is 55.1 Å². The van der Waals surface area contributed by atoms with E-state index in [1.807, 2.05) is 48.5 Å². The first-order valence-corrected chi connectivity index (χ1v) is 6.36. The van der Waals surface area contributed by atoms with Gasteiger partial charge in [0.25, 0.3) is 0 Å². The van der Waals surface area contributed by atoms with Crippen LogP contribution in [0.4, 0.5) is 11.4 Å². The van der Waals surface area contributed by atoms with Crippen LogP contribution >= 0.6 is 11.9 Å². The molecule has 0 aliphatic heterocycles. The van der Waals surface area contributed by atoms with Crippen LogP contribution in [0.25, 0.3) is 0 Å². The number of benzene rings is 2. The van der Waals surface area contributed by atoms with E-state index in [1.165, 1.54) is 11.9 Å². The first-order chi connectivity index (χ1) is 8.65. The molecule has 0 aliphatic rings. The Hall–Kier alpha value is -1.94. The van der Waals surface area contributed by atoms with Gasteiger partial charge in [-0.05, 0) is 67.4 Å². The highest BCUT2D eigenvalue weighted by molar-refractivity contribution is 8.00. The van der Waals surface area contributed by atoms with Crippen LogP contribution in [-0.2, 0) is 0 Å². The van der Waals surface area contributed by atoms with E-state index >= 15 is 0 Å². The zero-order chi connectivity index (χ0) is 13.0. The molecule has 3 nitrogen and oxygen atoms in total. The molecule has 4 heteroatoms. The van der Waals surface area contributed by atoms with E-state index in [-0.39, 0.29) is 5.78 Å². The number of Topliss-reactive ketones (excluding diaryl/α,β-unsaturated/α-hetero) is 1. The number of nitrogen functional groups attached to an aromatic ring is 1. The van der Waals surface area contributed by atoms with Crippen molar-refractivity contribution in [3.63, 3.8) is 0 Å². The summed E-state index contributed by atoms with van der Waals surface area (Å²) >= 11 is 1.51. The minimum absolute atomic E-state index is 0.0766. The molecule has 0 atom stereocenters. The van der Waals surface area contributed by atoms with E-state index < -0.39 is 0 Å². The molecule has 92 valence electrons. The Balaban J connectivity index is 1.97. The summed E-state index contributed by atoms with van der Waals surface area (Å²) in [5.74, 6) is 0.0766. The van der Waals surface area contributed by atoms with Crippen molar-refractivity contribution in [3.05, 3.63) is 54.1 Å². The maximum absolute atomic E-state index is 11.1. The normalized spacial score (nSPS) is 10.1. The van der Waals surface area contributed by atoms with Crippen molar-refractivity contribution in [3.8, 4) is 0 Å². The second kappa shape index (κ2) is 5.60. The largest absolute Gasteiger partial charge is 0.399 e. The second-order valence-corrected chi connectivity index (χ2v) is 4.79. The number of nitrogens with two attached hydrogens (primary N) is 1. The fourth-order valence-electron chi connectivity index (χ4n) is 1.43. The molecule has 0 fully saturated rings. The van der Waals surface area contributed by atoms with Gasteiger partial charge in [0.2, 0.25) is 0 Å². The van der Waals surface area contributed by atoms with E-state index in [9.17, 15) is 4.79 Å². The SMILES string of the molecule is CC(=O)c1ccc(NSc2ccc(N)cc2)cc1. The highest BCUT2D eigenvalue weighted by Crippen LogP contribution is 2.22. The standard InChI is InChI=1S/C14H14N2OS/c1-10(17)11-2-6-13(7-3-11)16-18-14-8-4-12(15)5-9-14/h2-9,16H,15H2,1H3. The summed E-state index contributed by atoms with van der Waals surface area (Å²) in [6.45, 7) is 1.56. The minimum Gasteiger partial charge on any atom is -0.399 e. The second-order valence-electron chi connectivity index (χ2n) is 3.91. The first kappa shape index (κ1) is 12.5. The third kappa shape index (κ3) is 3.28. The lowest BCUT2D eigenvalue weighted by Gasteiger charge is -2.06. The summed E-state index contributed by atoms with van der Waals surface area (Å²) in [4.78, 5) is 12.2. The Morgan fingerprint density at radius 3 is 2.22 bits per heavy atom. The first-order valence-electron chi connectivity index (χ1n) is 5.54. The molecule has 3 N–H and O–H groups in total. The highest BCUT2D eigenvalue weighted by Gasteiger charge is 1.99. The van der Waals surface area contributed by atoms with Crippen LogP contribution in [0.1, 0.15) is 17.3 Å². The van der Waals surface area contributed by atoms with Gasteiger partial charge in [0.15, 0.2) is 5.78 Å². The van der Waals surface area contributed by atoms with Gasteiger partial charge in [-0.2, -0.15) is 0 Å². The third-order valence-corrected chi connectivity index (χ3v) is 3.30. The number of anilines is 2. The highest BCUT2D eigenvalue weighted by atomic mass is 32.2. The van der Waals surface area contributed by atoms with Crippen molar-refractivity contribution in [1.29, 1.82) is 0 Å². The number of carbonyl (C=O) groups is 1. The van der Waals surface area contributed by atoms with Crippen molar-refractivity contribution in [2.24, 2.45) is 0 Å². The van der Waals surface area contributed by atoms with Crippen molar-refractivity contribution in [2.45, 2.75) is 11.8 Å². The lowest BCUT2D eigenvalue weighted by molar-refractivity contribution is 0.101. The Bertz CT molecular complexity index is 535. The van der Waals surface area contributed by atoms with Gasteiger partial charge < -0.3 is 10.5 Å². The summed E-state index contributed by atoms with van der Waals surface area (Å²) < 4.78 is 3.21. The van der Waals surface area contributed by atoms with Gasteiger partial charge in [0, 0.05) is 21.8 Å². The van der Waals surface area contributed by atoms with Crippen LogP contribution in [-0.4, -0.2) is 5.78 Å². The predicted octanol–water partition coefficient (Wildman–Crippen LogP) is 3.59. The van der Waals surface area contributed by atoms with E-state index in [0.29, 0.717) is 0 Å². The molecular weight excluding hydrogens is 244 g/mol. The molecule has 0 aliphatic carbocycles. The lowest BCUT2D eigenvalue weighted by Crippen LogP contribution is -1.92. The van der Waals surface area contributed by atoms with Crippen LogP contribution in [0, 0.1) is 0 Å². The molecule has 0 heterocycles. The smallest absolute Gasteiger partial charge is 0.159 e. The fraction of sp³-hybridized carbons (Fsp3) is 0.0714. The molecular formula is C14H14N2OS. The van der Waals surface area contributed by atoms with E-state index in [4.69, 9.17) is 5.73 Å². The van der Waals surface area contributed by atoms with Crippen LogP contribution < -0.4 is 10.5 Å². The predicted molar refractivity (Wildman–Crippen MR) is 76.8 cm³/mol. The molecule has 0 radical (unpaired) electrons. The fourth-order valence-corrected chi connectivity index (χ4v) is 2.07. The zero-order valence-electron chi connectivity index (χ0n) is 10.0. The Labute approximate surface area is 111 Å². The zero-order valence-corrected chi connectivity index (χ0v) is 10.8. The van der Waals surface area contributed by atoms with Gasteiger partial charge in [-0.1, -0.05) is 0 Å². The van der Waals surface area contributed by atoms with Gasteiger partial charge in [0.1, 0.15) is 0 Å². The monoisotopic (exact) mass is 258 g/mol. The van der Waals surface area contributed by atoms with Gasteiger partial charge in [-0.25, -0.2) is 0 Å². The molecule has 2 aromatic carbocycles. The summed E-state index contributed by atoms with van der Waals surface area (Å²) in [5.41, 5.74) is 8.05. The molecule has 0 bridgehead atoms. The van der Waals surface area contributed by atoms with Crippen LogP contribution in [0.3, 0.4) is 0 Å². The van der Waals surface area contributed by atoms with E-state index in [0.717, 1.165) is 21.8 Å². The van der Waals surface area contributed by atoms with Gasteiger partial charge in [-0.15, -0.1) is 0 Å². The van der Waals surface area contributed by atoms with Gasteiger partial charge >= 0.3 is 0 Å². The van der Waals surface area contributed by atoms with Gasteiger partial charge in [0.05, 0.1) is 0 Å². The Morgan fingerprint density at radius 2 is 1.67 bits per heavy atom. The average Bonchev–Trinajstić information content (AvgIpc) is 2.38. The number of nitrogens with one attached hydrogen (secondary N) is 1. The summed E-state index contributed by atoms with van der Waals surface area (Å²) in [7, 11) is 0. The molecule has 0 unspecified atom stereocenters. The number of ketones is 1. The quantitative estimate of drug-likeness (QED) is 0.500. The molecule has 2 aromatic rings. The summed E-state index contributed by atoms with van der Waals surface area (Å²) in [6, 6.07) is 15.0. The van der Waals surface area contributed by atoms with E-state index in [1.54, 1.807) is 6.92 Å². The van der Waals surface area contributed by atoms with Gasteiger partial charge in [-0.3, -0.25) is 4.79 Å². The molecule has 0 aromatic heterocycles. The average molecular weight is 258 g/mol. The lowest BCUT2D eigenvalue weighted by atomic mass is 10.1. The van der Waals surface area contributed by atoms with Crippen molar-refractivity contribution < 1.29 is 4.79 Å². The van der Waals surface area contributed by atoms with Crippen LogP contribution in [0.15, 0.2) is 53.4 Å². The molecule has 0 amide bonds. The summed E-state index contributed by atoms with van der Waals surface area (Å²) in [5, 5.41) is 0. The van der Waals surface area contributed by atoms with Crippen molar-refractivity contribution >= 4 is 29.1 Å². The van der Waals surface area contributed by atoms with Crippen LogP contribution in [0.2, 0.25) is 0 Å². The number of rotatable bonds is 4. The maximum Gasteiger partial charge on any atom is 0.159 e. The minimum atomic E-state index is 0.0766. The number of hydrogen-bond donors (Lipinski definition) is 2. The van der Waals surface area contributed by atoms with Crippen LogP contribution in [0.5, 0.6) is 0 Å². The Morgan fingerprint density at radius 1 is 1.06 bits per heavy atom. The van der Waals surface area contributed by atoms with Crippen molar-refractivity contribution in [1.82, 2.24) is 0 Å². The molecule has 0 saturated heterocycles. The Kier molecular flexibility index (Phi) is 3.89. The number of hydrogen-bond acceptors (Lipinski definition) is 4. The molecule has 2 rings (SSSR count). The number of carbonyl (C=O) groups excluding carboxylic acids is 1. The van der Waals surface area contributed by atoms with E-state index in [2.05, 4.69) is 4.72 Å². The molecule has 18 heavy (non-hydrogen) atoms. The maximum atomic E-state index is 11.1. The van der Waals surface area contributed by atoms with Crippen molar-refractivity contribution in [2.75, 3.05) is 10.5 Å². The third-order valence-electron chi connectivity index (χ3n) is 2.46. The summed E-state index contributed by atoms with van der Waals surface area (Å²) in [6.07, 6.45) is 0. The molecule has 0 spiro atoms. The molecule has 0 saturated carbocycles.